The number of methoxy groups -OCH3 is 1. The Morgan fingerprint density at radius 2 is 1.86 bits per heavy atom. The second-order valence-electron chi connectivity index (χ2n) is 7.82. The third-order valence-corrected chi connectivity index (χ3v) is 6.02. The van der Waals surface area contributed by atoms with Crippen LogP contribution < -0.4 is 4.74 Å². The van der Waals surface area contributed by atoms with E-state index in [0.29, 0.717) is 25.3 Å². The van der Waals surface area contributed by atoms with E-state index in [1.807, 2.05) is 47.9 Å². The van der Waals surface area contributed by atoms with Crippen LogP contribution in [0.25, 0.3) is 0 Å². The molecule has 28 heavy (non-hydrogen) atoms. The first kappa shape index (κ1) is 18.5. The minimum absolute atomic E-state index is 0.0202. The summed E-state index contributed by atoms with van der Waals surface area (Å²) in [5, 5.41) is 0. The van der Waals surface area contributed by atoms with E-state index in [2.05, 4.69) is 9.97 Å². The number of hydrogen-bond acceptors (Lipinski definition) is 4. The molecule has 2 fully saturated rings. The van der Waals surface area contributed by atoms with Gasteiger partial charge in [0.25, 0.3) is 5.91 Å². The first-order valence-electron chi connectivity index (χ1n) is 9.62. The molecule has 2 amide bonds. The van der Waals surface area contributed by atoms with Gasteiger partial charge in [-0.3, -0.25) is 9.59 Å². The Bertz CT molecular complexity index is 905. The van der Waals surface area contributed by atoms with E-state index in [1.165, 1.54) is 0 Å². The van der Waals surface area contributed by atoms with Crippen molar-refractivity contribution in [2.45, 2.75) is 26.8 Å². The second-order valence-corrected chi connectivity index (χ2v) is 7.82. The monoisotopic (exact) mass is 382 g/mol. The van der Waals surface area contributed by atoms with Crippen LogP contribution in [0.5, 0.6) is 5.75 Å². The summed E-state index contributed by atoms with van der Waals surface area (Å²) in [6, 6.07) is 7.87. The number of aryl methyl sites for hydroxylation is 2. The van der Waals surface area contributed by atoms with Crippen molar-refractivity contribution >= 4 is 11.8 Å². The van der Waals surface area contributed by atoms with Crippen molar-refractivity contribution in [3.63, 3.8) is 0 Å². The molecule has 1 aromatic heterocycles. The first-order chi connectivity index (χ1) is 13.4. The molecule has 0 saturated carbocycles. The molecule has 0 unspecified atom stereocenters. The van der Waals surface area contributed by atoms with Crippen LogP contribution >= 0.6 is 0 Å². The number of carbonyl (C=O) groups excluding carboxylic acids is 2. The molecule has 0 spiro atoms. The Morgan fingerprint density at radius 3 is 2.43 bits per heavy atom. The van der Waals surface area contributed by atoms with Gasteiger partial charge >= 0.3 is 0 Å². The number of fused-ring (bicyclic) bond motifs is 1. The maximum atomic E-state index is 13.0. The topological polar surface area (TPSA) is 78.5 Å². The highest BCUT2D eigenvalue weighted by molar-refractivity contribution is 5.93. The molecule has 1 N–H and O–H groups in total. The van der Waals surface area contributed by atoms with Crippen LogP contribution in [0.15, 0.2) is 24.3 Å². The van der Waals surface area contributed by atoms with Gasteiger partial charge in [0.1, 0.15) is 17.3 Å². The molecule has 148 valence electrons. The molecule has 4 rings (SSSR count). The Labute approximate surface area is 164 Å². The first-order valence-corrected chi connectivity index (χ1v) is 9.62. The van der Waals surface area contributed by atoms with E-state index in [1.54, 1.807) is 14.0 Å². The number of benzene rings is 1. The highest BCUT2D eigenvalue weighted by atomic mass is 16.5. The average molecular weight is 382 g/mol. The van der Waals surface area contributed by atoms with Gasteiger partial charge in [-0.25, -0.2) is 4.98 Å². The standard InChI is InChI=1S/C21H26N4O3/c1-12-19(23-13(2)22-12)21(27)24-9-16-10-25(14(3)26)20(18(16)11-24)15-5-7-17(28-4)8-6-15/h5-8,16,18,20H,9-11H2,1-4H3,(H,22,23)/t16-,18-,20+/m1/s1. The molecule has 0 radical (unpaired) electrons. The summed E-state index contributed by atoms with van der Waals surface area (Å²) in [7, 11) is 1.64. The lowest BCUT2D eigenvalue weighted by Crippen LogP contribution is -2.36. The van der Waals surface area contributed by atoms with Crippen molar-refractivity contribution in [3.8, 4) is 5.75 Å². The van der Waals surface area contributed by atoms with Crippen molar-refractivity contribution < 1.29 is 14.3 Å². The fourth-order valence-corrected chi connectivity index (χ4v) is 4.73. The van der Waals surface area contributed by atoms with Crippen LogP contribution in [0.4, 0.5) is 0 Å². The predicted molar refractivity (Wildman–Crippen MR) is 104 cm³/mol. The SMILES string of the molecule is COc1ccc([C@H]2[C@@H]3CN(C(=O)c4nc(C)[nH]c4C)C[C@@H]3CN2C(C)=O)cc1. The van der Waals surface area contributed by atoms with Crippen molar-refractivity contribution in [1.29, 1.82) is 0 Å². The van der Waals surface area contributed by atoms with Crippen molar-refractivity contribution in [3.05, 3.63) is 47.0 Å². The minimum Gasteiger partial charge on any atom is -0.497 e. The number of hydrogen-bond donors (Lipinski definition) is 1. The Morgan fingerprint density at radius 1 is 1.14 bits per heavy atom. The minimum atomic E-state index is -0.0286. The highest BCUT2D eigenvalue weighted by Crippen LogP contribution is 2.45. The Hall–Kier alpha value is -2.83. The van der Waals surface area contributed by atoms with E-state index in [4.69, 9.17) is 4.74 Å². The summed E-state index contributed by atoms with van der Waals surface area (Å²) in [5.41, 5.74) is 2.39. The number of aromatic amines is 1. The number of amides is 2. The molecule has 7 nitrogen and oxygen atoms in total. The van der Waals surface area contributed by atoms with Gasteiger partial charge in [0.15, 0.2) is 0 Å². The lowest BCUT2D eigenvalue weighted by atomic mass is 9.89. The fourth-order valence-electron chi connectivity index (χ4n) is 4.73. The molecule has 2 aliphatic heterocycles. The van der Waals surface area contributed by atoms with E-state index >= 15 is 0 Å². The predicted octanol–water partition coefficient (Wildman–Crippen LogP) is 2.33. The van der Waals surface area contributed by atoms with Crippen LogP contribution in [-0.2, 0) is 4.79 Å². The normalized spacial score (nSPS) is 23.8. The number of nitrogens with one attached hydrogen (secondary N) is 1. The number of H-pyrrole nitrogens is 1. The summed E-state index contributed by atoms with van der Waals surface area (Å²) in [6.07, 6.45) is 0. The molecular formula is C21H26N4O3. The van der Waals surface area contributed by atoms with Crippen LogP contribution in [0.2, 0.25) is 0 Å². The quantitative estimate of drug-likeness (QED) is 0.884. The summed E-state index contributed by atoms with van der Waals surface area (Å²) < 4.78 is 5.26. The number of carbonyl (C=O) groups is 2. The van der Waals surface area contributed by atoms with Crippen molar-refractivity contribution in [2.24, 2.45) is 11.8 Å². The van der Waals surface area contributed by atoms with Crippen molar-refractivity contribution in [2.75, 3.05) is 26.7 Å². The highest BCUT2D eigenvalue weighted by Gasteiger charge is 2.49. The van der Waals surface area contributed by atoms with Gasteiger partial charge in [0, 0.05) is 44.1 Å². The van der Waals surface area contributed by atoms with Gasteiger partial charge in [-0.1, -0.05) is 12.1 Å². The molecule has 2 saturated heterocycles. The van der Waals surface area contributed by atoms with Gasteiger partial charge in [-0.15, -0.1) is 0 Å². The number of nitrogens with zero attached hydrogens (tertiary/aromatic N) is 3. The molecule has 0 aliphatic carbocycles. The maximum absolute atomic E-state index is 13.0. The lowest BCUT2D eigenvalue weighted by Gasteiger charge is -2.29. The third-order valence-electron chi connectivity index (χ3n) is 6.02. The van der Waals surface area contributed by atoms with Gasteiger partial charge in [0.2, 0.25) is 5.91 Å². The molecular weight excluding hydrogens is 356 g/mol. The summed E-state index contributed by atoms with van der Waals surface area (Å²) >= 11 is 0. The lowest BCUT2D eigenvalue weighted by molar-refractivity contribution is -0.130. The largest absolute Gasteiger partial charge is 0.497 e. The van der Waals surface area contributed by atoms with E-state index < -0.39 is 0 Å². The van der Waals surface area contributed by atoms with E-state index in [9.17, 15) is 9.59 Å². The van der Waals surface area contributed by atoms with Gasteiger partial charge in [-0.05, 0) is 31.5 Å². The van der Waals surface area contributed by atoms with Gasteiger partial charge < -0.3 is 19.5 Å². The zero-order chi connectivity index (χ0) is 20.0. The molecule has 2 aliphatic rings. The zero-order valence-corrected chi connectivity index (χ0v) is 16.7. The number of imidazole rings is 1. The number of aromatic nitrogens is 2. The van der Waals surface area contributed by atoms with Gasteiger partial charge in [-0.2, -0.15) is 0 Å². The van der Waals surface area contributed by atoms with Gasteiger partial charge in [0.05, 0.1) is 13.2 Å². The van der Waals surface area contributed by atoms with E-state index in [-0.39, 0.29) is 29.7 Å². The molecule has 7 heteroatoms. The van der Waals surface area contributed by atoms with Crippen LogP contribution in [0, 0.1) is 25.7 Å². The van der Waals surface area contributed by atoms with E-state index in [0.717, 1.165) is 22.8 Å². The maximum Gasteiger partial charge on any atom is 0.274 e. The summed E-state index contributed by atoms with van der Waals surface area (Å²) in [6.45, 7) is 7.32. The van der Waals surface area contributed by atoms with Crippen LogP contribution in [0.3, 0.4) is 0 Å². The third kappa shape index (κ3) is 3.04. The molecule has 3 atom stereocenters. The molecule has 1 aromatic carbocycles. The van der Waals surface area contributed by atoms with Crippen LogP contribution in [-0.4, -0.2) is 58.3 Å². The molecule has 3 heterocycles. The summed E-state index contributed by atoms with van der Waals surface area (Å²) in [4.78, 5) is 36.6. The number of rotatable bonds is 3. The Balaban J connectivity index is 1.59. The molecule has 2 aromatic rings. The zero-order valence-electron chi connectivity index (χ0n) is 16.7. The number of likely N-dealkylation sites (tertiary alicyclic amines) is 2. The molecule has 0 bridgehead atoms. The smallest absolute Gasteiger partial charge is 0.274 e. The van der Waals surface area contributed by atoms with Crippen molar-refractivity contribution in [1.82, 2.24) is 19.8 Å². The fraction of sp³-hybridized carbons (Fsp3) is 0.476. The summed E-state index contributed by atoms with van der Waals surface area (Å²) in [5.74, 6) is 2.09. The Kier molecular flexibility index (Phi) is 4.61. The van der Waals surface area contributed by atoms with Crippen LogP contribution in [0.1, 0.15) is 40.5 Å². The average Bonchev–Trinajstić information content (AvgIpc) is 3.33. The second kappa shape index (κ2) is 6.96. The number of ether oxygens (including phenoxy) is 1.